The molecule has 9 nitrogen and oxygen atoms in total. The Kier molecular flexibility index (Phi) is 7.08. The van der Waals surface area contributed by atoms with Crippen molar-refractivity contribution in [2.75, 3.05) is 52.6 Å². The molecule has 0 aromatic heterocycles. The highest BCUT2D eigenvalue weighted by molar-refractivity contribution is 7.89. The van der Waals surface area contributed by atoms with E-state index >= 15 is 0 Å². The summed E-state index contributed by atoms with van der Waals surface area (Å²) in [6, 6.07) is 9.49. The molecule has 0 N–H and O–H groups in total. The lowest BCUT2D eigenvalue weighted by atomic mass is 10.2. The Hall–Kier alpha value is -2.02. The highest BCUT2D eigenvalue weighted by Gasteiger charge is 2.28. The van der Waals surface area contributed by atoms with Crippen LogP contribution in [0.3, 0.4) is 0 Å². The van der Waals surface area contributed by atoms with E-state index in [1.165, 1.54) is 20.7 Å². The zero-order chi connectivity index (χ0) is 23.6. The molecule has 2 aliphatic heterocycles. The number of sulfonamides is 2. The molecule has 2 fully saturated rings. The lowest BCUT2D eigenvalue weighted by Gasteiger charge is -2.26. The molecule has 11 heteroatoms. The van der Waals surface area contributed by atoms with E-state index in [0.29, 0.717) is 75.2 Å². The number of rotatable bonds is 6. The van der Waals surface area contributed by atoms with Crippen molar-refractivity contribution in [2.45, 2.75) is 23.6 Å². The number of nitrogens with zero attached hydrogens (tertiary/aromatic N) is 2. The van der Waals surface area contributed by atoms with Gasteiger partial charge in [0.2, 0.25) is 20.0 Å². The van der Waals surface area contributed by atoms with Gasteiger partial charge in [0, 0.05) is 26.2 Å². The molecule has 0 saturated carbocycles. The van der Waals surface area contributed by atoms with Crippen LogP contribution in [0.5, 0.6) is 11.5 Å². The second-order valence-corrected chi connectivity index (χ2v) is 11.9. The highest BCUT2D eigenvalue weighted by atomic mass is 32.2. The van der Waals surface area contributed by atoms with Crippen LogP contribution in [0.1, 0.15) is 11.1 Å². The molecule has 0 spiro atoms. The molecular formula is C22H28N2O7S2. The lowest BCUT2D eigenvalue weighted by molar-refractivity contribution is 0.0730. The normalized spacial score (nSPS) is 18.8. The zero-order valence-corrected chi connectivity index (χ0v) is 20.3. The van der Waals surface area contributed by atoms with Crippen LogP contribution >= 0.6 is 0 Å². The molecule has 2 heterocycles. The summed E-state index contributed by atoms with van der Waals surface area (Å²) in [4.78, 5) is 0.413. The zero-order valence-electron chi connectivity index (χ0n) is 18.7. The number of benzene rings is 2. The van der Waals surface area contributed by atoms with Gasteiger partial charge < -0.3 is 14.2 Å². The molecule has 0 radical (unpaired) electrons. The van der Waals surface area contributed by atoms with Crippen LogP contribution in [0, 0.1) is 13.8 Å². The molecule has 2 aliphatic rings. The quantitative estimate of drug-likeness (QED) is 0.604. The summed E-state index contributed by atoms with van der Waals surface area (Å²) in [5.74, 6) is 1.01. The van der Waals surface area contributed by atoms with Crippen LogP contribution < -0.4 is 4.74 Å². The van der Waals surface area contributed by atoms with Crippen LogP contribution in [-0.4, -0.2) is 78.1 Å². The summed E-state index contributed by atoms with van der Waals surface area (Å²) >= 11 is 0. The molecule has 2 saturated heterocycles. The second kappa shape index (κ2) is 9.69. The molecule has 4 rings (SSSR count). The van der Waals surface area contributed by atoms with Gasteiger partial charge in [0.25, 0.3) is 0 Å². The van der Waals surface area contributed by atoms with E-state index in [1.807, 2.05) is 0 Å². The summed E-state index contributed by atoms with van der Waals surface area (Å²) < 4.78 is 70.9. The first-order valence-corrected chi connectivity index (χ1v) is 13.6. The van der Waals surface area contributed by atoms with Gasteiger partial charge >= 0.3 is 0 Å². The molecule has 0 unspecified atom stereocenters. The van der Waals surface area contributed by atoms with Crippen LogP contribution in [0.4, 0.5) is 0 Å². The van der Waals surface area contributed by atoms with Crippen LogP contribution in [0.2, 0.25) is 0 Å². The van der Waals surface area contributed by atoms with Gasteiger partial charge in [-0.3, -0.25) is 0 Å². The van der Waals surface area contributed by atoms with Gasteiger partial charge in [0.05, 0.1) is 36.2 Å². The first-order chi connectivity index (χ1) is 15.7. The van der Waals surface area contributed by atoms with E-state index in [9.17, 15) is 16.8 Å². The molecule has 0 bridgehead atoms. The third-order valence-electron chi connectivity index (χ3n) is 5.73. The standard InChI is InChI=1S/C22H28N2O7S2/c1-17-15-19(32(25,26)23-7-11-29-12-8-23)3-5-21(17)31-22-6-4-20(16-18(22)2)33(27,28)24-9-13-30-14-10-24/h3-6,15-16H,7-14H2,1-2H3. The summed E-state index contributed by atoms with van der Waals surface area (Å²) in [6.07, 6.45) is 0. The van der Waals surface area contributed by atoms with Crippen molar-refractivity contribution in [3.8, 4) is 11.5 Å². The highest BCUT2D eigenvalue weighted by Crippen LogP contribution is 2.32. The second-order valence-electron chi connectivity index (χ2n) is 7.99. The smallest absolute Gasteiger partial charge is 0.243 e. The minimum absolute atomic E-state index is 0.206. The van der Waals surface area contributed by atoms with E-state index in [-0.39, 0.29) is 9.79 Å². The van der Waals surface area contributed by atoms with Gasteiger partial charge in [0.1, 0.15) is 11.5 Å². The summed E-state index contributed by atoms with van der Waals surface area (Å²) in [5, 5.41) is 0. The lowest BCUT2D eigenvalue weighted by Crippen LogP contribution is -2.40. The van der Waals surface area contributed by atoms with Gasteiger partial charge in [-0.2, -0.15) is 8.61 Å². The SMILES string of the molecule is Cc1cc(S(=O)(=O)N2CCOCC2)ccc1Oc1ccc(S(=O)(=O)N2CCOCC2)cc1C. The van der Waals surface area contributed by atoms with Gasteiger partial charge in [-0.25, -0.2) is 16.8 Å². The fraction of sp³-hybridized carbons (Fsp3) is 0.455. The van der Waals surface area contributed by atoms with Crippen molar-refractivity contribution in [3.63, 3.8) is 0 Å². The average molecular weight is 497 g/mol. The van der Waals surface area contributed by atoms with E-state index in [2.05, 4.69) is 0 Å². The first kappa shape index (κ1) is 24.1. The first-order valence-electron chi connectivity index (χ1n) is 10.7. The number of hydrogen-bond donors (Lipinski definition) is 0. The maximum atomic E-state index is 12.9. The van der Waals surface area contributed by atoms with Crippen molar-refractivity contribution in [2.24, 2.45) is 0 Å². The topological polar surface area (TPSA) is 102 Å². The molecular weight excluding hydrogens is 468 g/mol. The fourth-order valence-corrected chi connectivity index (χ4v) is 6.77. The van der Waals surface area contributed by atoms with E-state index in [0.717, 1.165) is 0 Å². The van der Waals surface area contributed by atoms with Gasteiger partial charge in [-0.1, -0.05) is 0 Å². The fourth-order valence-electron chi connectivity index (χ4n) is 3.78. The molecule has 2 aromatic rings. The van der Waals surface area contributed by atoms with Crippen molar-refractivity contribution < 1.29 is 31.0 Å². The number of hydrogen-bond acceptors (Lipinski definition) is 7. The molecule has 0 amide bonds. The van der Waals surface area contributed by atoms with Crippen molar-refractivity contribution >= 4 is 20.0 Å². The Morgan fingerprint density at radius 3 is 1.36 bits per heavy atom. The predicted molar refractivity (Wildman–Crippen MR) is 122 cm³/mol. The Bertz CT molecular complexity index is 1120. The Labute approximate surface area is 195 Å². The van der Waals surface area contributed by atoms with Gasteiger partial charge in [-0.05, 0) is 61.4 Å². The molecule has 180 valence electrons. The Morgan fingerprint density at radius 1 is 0.667 bits per heavy atom. The predicted octanol–water partition coefficient (Wildman–Crippen LogP) is 2.14. The Balaban J connectivity index is 1.53. The minimum Gasteiger partial charge on any atom is -0.457 e. The van der Waals surface area contributed by atoms with E-state index in [1.54, 1.807) is 38.1 Å². The van der Waals surface area contributed by atoms with Gasteiger partial charge in [0.15, 0.2) is 0 Å². The monoisotopic (exact) mass is 496 g/mol. The average Bonchev–Trinajstić information content (AvgIpc) is 2.82. The molecule has 0 atom stereocenters. The molecule has 33 heavy (non-hydrogen) atoms. The largest absolute Gasteiger partial charge is 0.457 e. The maximum Gasteiger partial charge on any atom is 0.243 e. The van der Waals surface area contributed by atoms with E-state index in [4.69, 9.17) is 14.2 Å². The number of aryl methyl sites for hydroxylation is 2. The van der Waals surface area contributed by atoms with Crippen LogP contribution in [0.25, 0.3) is 0 Å². The molecule has 2 aromatic carbocycles. The van der Waals surface area contributed by atoms with Crippen LogP contribution in [-0.2, 0) is 29.5 Å². The number of ether oxygens (including phenoxy) is 3. The summed E-state index contributed by atoms with van der Waals surface area (Å²) in [6.45, 7) is 6.42. The number of morpholine rings is 2. The third kappa shape index (κ3) is 5.08. The third-order valence-corrected chi connectivity index (χ3v) is 9.52. The summed E-state index contributed by atoms with van der Waals surface area (Å²) in [7, 11) is -7.20. The van der Waals surface area contributed by atoms with Crippen molar-refractivity contribution in [1.82, 2.24) is 8.61 Å². The maximum absolute atomic E-state index is 12.9. The molecule has 0 aliphatic carbocycles. The van der Waals surface area contributed by atoms with E-state index < -0.39 is 20.0 Å². The van der Waals surface area contributed by atoms with Crippen LogP contribution in [0.15, 0.2) is 46.2 Å². The van der Waals surface area contributed by atoms with Gasteiger partial charge in [-0.15, -0.1) is 0 Å². The minimum atomic E-state index is -3.60. The van der Waals surface area contributed by atoms with Crippen molar-refractivity contribution in [1.29, 1.82) is 0 Å². The Morgan fingerprint density at radius 2 is 1.03 bits per heavy atom. The summed E-state index contributed by atoms with van der Waals surface area (Å²) in [5.41, 5.74) is 1.32. The van der Waals surface area contributed by atoms with Crippen molar-refractivity contribution in [3.05, 3.63) is 47.5 Å².